The summed E-state index contributed by atoms with van der Waals surface area (Å²) in [6.07, 6.45) is 4.59. The molecule has 1 aliphatic rings. The molecule has 2 aromatic carbocycles. The highest BCUT2D eigenvalue weighted by Gasteiger charge is 2.29. The lowest BCUT2D eigenvalue weighted by Gasteiger charge is -2.16. The van der Waals surface area contributed by atoms with Gasteiger partial charge < -0.3 is 24.6 Å². The van der Waals surface area contributed by atoms with Crippen molar-refractivity contribution in [3.8, 4) is 11.5 Å². The van der Waals surface area contributed by atoms with Gasteiger partial charge in [-0.2, -0.15) is 0 Å². The second-order valence-electron chi connectivity index (χ2n) is 9.29. The second-order valence-corrected chi connectivity index (χ2v) is 9.29. The first-order chi connectivity index (χ1) is 17.4. The molecule has 36 heavy (non-hydrogen) atoms. The molecule has 1 unspecified atom stereocenters. The van der Waals surface area contributed by atoms with Crippen molar-refractivity contribution in [2.24, 2.45) is 13.0 Å². The molecule has 10 nitrogen and oxygen atoms in total. The summed E-state index contributed by atoms with van der Waals surface area (Å²) in [5, 5.41) is 13.5. The van der Waals surface area contributed by atoms with Crippen LogP contribution in [0.15, 0.2) is 55.2 Å². The van der Waals surface area contributed by atoms with E-state index < -0.39 is 0 Å². The number of hydrogen-bond donors (Lipinski definition) is 2. The predicted octanol–water partition coefficient (Wildman–Crippen LogP) is 3.97. The highest BCUT2D eigenvalue weighted by atomic mass is 16.5. The number of aliphatic hydroxyl groups is 1. The number of aromatic nitrogens is 6. The highest BCUT2D eigenvalue weighted by molar-refractivity contribution is 5.87. The molecule has 0 aliphatic carbocycles. The summed E-state index contributed by atoms with van der Waals surface area (Å²) in [5.41, 5.74) is 5.03. The summed E-state index contributed by atoms with van der Waals surface area (Å²) in [6.45, 7) is 5.24. The van der Waals surface area contributed by atoms with Crippen LogP contribution in [-0.4, -0.2) is 53.8 Å². The van der Waals surface area contributed by atoms with Gasteiger partial charge in [0.05, 0.1) is 29.7 Å². The van der Waals surface area contributed by atoms with E-state index in [9.17, 15) is 5.11 Å². The average molecular weight is 483 g/mol. The number of aryl methyl sites for hydroxylation is 2. The van der Waals surface area contributed by atoms with Crippen LogP contribution in [0.2, 0.25) is 0 Å². The number of anilines is 3. The van der Waals surface area contributed by atoms with Gasteiger partial charge in [-0.15, -0.1) is 0 Å². The maximum absolute atomic E-state index is 10.1. The van der Waals surface area contributed by atoms with E-state index >= 15 is 0 Å². The topological polar surface area (TPSA) is 114 Å². The fraction of sp³-hybridized carbons (Fsp3) is 0.269. The lowest BCUT2D eigenvalue weighted by molar-refractivity contribution is 0.157. The maximum Gasteiger partial charge on any atom is 0.226 e. The molecular formula is C26H26N8O2. The van der Waals surface area contributed by atoms with Gasteiger partial charge in [-0.1, -0.05) is 6.92 Å². The van der Waals surface area contributed by atoms with E-state index in [4.69, 9.17) is 9.72 Å². The molecule has 0 saturated carbocycles. The van der Waals surface area contributed by atoms with Gasteiger partial charge in [0.15, 0.2) is 5.82 Å². The van der Waals surface area contributed by atoms with E-state index in [-0.39, 0.29) is 12.0 Å². The standard InChI is InChI=1S/C26H26N8O2/c1-15-8-17(4-7-23(15)36-18-5-6-21-19(9-18)30-14-33(21)3)31-25-24-20(28-13-29-25)10-27-26(32-24)34-11-16(2)22(35)12-34/h4-10,13-14,16,22,35H,11-12H2,1-3H3,(H,28,29,31)/t16-,22?/m1/s1. The number of hydrogen-bond acceptors (Lipinski definition) is 9. The van der Waals surface area contributed by atoms with Crippen molar-refractivity contribution in [3.63, 3.8) is 0 Å². The second kappa shape index (κ2) is 8.72. The van der Waals surface area contributed by atoms with Crippen LogP contribution in [0.5, 0.6) is 11.5 Å². The van der Waals surface area contributed by atoms with Crippen LogP contribution in [0.1, 0.15) is 12.5 Å². The van der Waals surface area contributed by atoms with Crippen LogP contribution in [-0.2, 0) is 7.05 Å². The van der Waals surface area contributed by atoms with Gasteiger partial charge in [0.1, 0.15) is 28.9 Å². The molecule has 4 heterocycles. The van der Waals surface area contributed by atoms with Crippen LogP contribution >= 0.6 is 0 Å². The molecule has 1 fully saturated rings. The van der Waals surface area contributed by atoms with Crippen LogP contribution < -0.4 is 15.0 Å². The van der Waals surface area contributed by atoms with Crippen molar-refractivity contribution in [2.75, 3.05) is 23.3 Å². The van der Waals surface area contributed by atoms with Gasteiger partial charge in [0.25, 0.3) is 0 Å². The number of nitrogens with zero attached hydrogens (tertiary/aromatic N) is 7. The summed E-state index contributed by atoms with van der Waals surface area (Å²) in [5.74, 6) is 2.81. The van der Waals surface area contributed by atoms with Crippen molar-refractivity contribution in [3.05, 3.63) is 60.8 Å². The number of fused-ring (bicyclic) bond motifs is 2. The molecule has 182 valence electrons. The monoisotopic (exact) mass is 482 g/mol. The lowest BCUT2D eigenvalue weighted by Crippen LogP contribution is -2.23. The van der Waals surface area contributed by atoms with Gasteiger partial charge in [0.2, 0.25) is 5.95 Å². The minimum absolute atomic E-state index is 0.170. The molecule has 1 aliphatic heterocycles. The molecule has 0 spiro atoms. The molecule has 2 atom stereocenters. The zero-order chi connectivity index (χ0) is 24.8. The molecule has 10 heteroatoms. The maximum atomic E-state index is 10.1. The van der Waals surface area contributed by atoms with Gasteiger partial charge in [-0.05, 0) is 42.8 Å². The summed E-state index contributed by atoms with van der Waals surface area (Å²) in [6, 6.07) is 11.8. The Balaban J connectivity index is 1.25. The van der Waals surface area contributed by atoms with Crippen LogP contribution in [0.4, 0.5) is 17.5 Å². The molecule has 0 amide bonds. The fourth-order valence-corrected chi connectivity index (χ4v) is 4.49. The molecule has 6 rings (SSSR count). The Hall–Kier alpha value is -4.31. The number of aliphatic hydroxyl groups excluding tert-OH is 1. The van der Waals surface area contributed by atoms with Gasteiger partial charge in [-0.25, -0.2) is 24.9 Å². The third-order valence-corrected chi connectivity index (χ3v) is 6.58. The number of rotatable bonds is 5. The molecule has 2 N–H and O–H groups in total. The molecule has 0 bridgehead atoms. The van der Waals surface area contributed by atoms with Crippen LogP contribution in [0.3, 0.4) is 0 Å². The van der Waals surface area contributed by atoms with Crippen molar-refractivity contribution in [2.45, 2.75) is 20.0 Å². The Morgan fingerprint density at radius 2 is 1.92 bits per heavy atom. The first-order valence-electron chi connectivity index (χ1n) is 11.8. The smallest absolute Gasteiger partial charge is 0.226 e. The molecular weight excluding hydrogens is 456 g/mol. The summed E-state index contributed by atoms with van der Waals surface area (Å²) in [7, 11) is 1.97. The van der Waals surface area contributed by atoms with E-state index in [1.165, 1.54) is 6.33 Å². The SMILES string of the molecule is Cc1cc(Nc2ncnc3cnc(N4CC(O)[C@H](C)C4)nc23)ccc1Oc1ccc2c(c1)ncn2C. The first-order valence-corrected chi connectivity index (χ1v) is 11.8. The average Bonchev–Trinajstić information content (AvgIpc) is 3.41. The third kappa shape index (κ3) is 4.05. The molecule has 5 aromatic rings. The largest absolute Gasteiger partial charge is 0.457 e. The Labute approximate surface area is 207 Å². The van der Waals surface area contributed by atoms with Crippen molar-refractivity contribution in [1.82, 2.24) is 29.5 Å². The molecule has 0 radical (unpaired) electrons. The highest BCUT2D eigenvalue weighted by Crippen LogP contribution is 2.31. The Bertz CT molecular complexity index is 1570. The summed E-state index contributed by atoms with van der Waals surface area (Å²) in [4.78, 5) is 24.3. The molecule has 3 aromatic heterocycles. The zero-order valence-corrected chi connectivity index (χ0v) is 20.3. The van der Waals surface area contributed by atoms with Gasteiger partial charge >= 0.3 is 0 Å². The van der Waals surface area contributed by atoms with E-state index in [1.807, 2.05) is 66.8 Å². The van der Waals surface area contributed by atoms with Crippen molar-refractivity contribution >= 4 is 39.5 Å². The summed E-state index contributed by atoms with van der Waals surface area (Å²) < 4.78 is 8.12. The number of β-amino-alcohol motifs (C(OH)–C–C–N with tert-alkyl or cyclic N) is 1. The normalized spacial score (nSPS) is 17.7. The van der Waals surface area contributed by atoms with Crippen molar-refractivity contribution < 1.29 is 9.84 Å². The number of nitrogens with one attached hydrogen (secondary N) is 1. The quantitative estimate of drug-likeness (QED) is 0.384. The van der Waals surface area contributed by atoms with Crippen LogP contribution in [0, 0.1) is 12.8 Å². The third-order valence-electron chi connectivity index (χ3n) is 6.58. The van der Waals surface area contributed by atoms with Crippen LogP contribution in [0.25, 0.3) is 22.1 Å². The van der Waals surface area contributed by atoms with E-state index in [2.05, 4.69) is 25.3 Å². The first kappa shape index (κ1) is 22.2. The summed E-state index contributed by atoms with van der Waals surface area (Å²) >= 11 is 0. The van der Waals surface area contributed by atoms with Gasteiger partial charge in [0, 0.05) is 37.8 Å². The van der Waals surface area contributed by atoms with E-state index in [0.717, 1.165) is 33.8 Å². The van der Waals surface area contributed by atoms with Gasteiger partial charge in [-0.3, -0.25) is 0 Å². The Kier molecular flexibility index (Phi) is 5.37. The van der Waals surface area contributed by atoms with Crippen molar-refractivity contribution in [1.29, 1.82) is 0 Å². The zero-order valence-electron chi connectivity index (χ0n) is 20.3. The number of benzene rings is 2. The minimum atomic E-state index is -0.386. The Morgan fingerprint density at radius 3 is 2.72 bits per heavy atom. The van der Waals surface area contributed by atoms with E-state index in [1.54, 1.807) is 12.5 Å². The molecule has 1 saturated heterocycles. The predicted molar refractivity (Wildman–Crippen MR) is 138 cm³/mol. The fourth-order valence-electron chi connectivity index (χ4n) is 4.49. The lowest BCUT2D eigenvalue weighted by atomic mass is 10.1. The number of ether oxygens (including phenoxy) is 1. The minimum Gasteiger partial charge on any atom is -0.457 e. The van der Waals surface area contributed by atoms with E-state index in [0.29, 0.717) is 35.9 Å². The number of imidazole rings is 1. The Morgan fingerprint density at radius 1 is 1.03 bits per heavy atom.